The fourth-order valence-electron chi connectivity index (χ4n) is 0.958. The second-order valence-electron chi connectivity index (χ2n) is 2.77. The Balaban J connectivity index is 4.11. The molecule has 0 saturated carbocycles. The summed E-state index contributed by atoms with van der Waals surface area (Å²) in [6, 6.07) is 1.92. The molecule has 0 bridgehead atoms. The monoisotopic (exact) mass is 245 g/mol. The van der Waals surface area contributed by atoms with E-state index in [1.165, 1.54) is 21.3 Å². The molecule has 0 amide bonds. The maximum atomic E-state index is 11.1. The van der Waals surface area contributed by atoms with E-state index in [4.69, 9.17) is 23.3 Å². The molecule has 0 aliphatic heterocycles. The zero-order valence-electron chi connectivity index (χ0n) is 9.61. The van der Waals surface area contributed by atoms with E-state index in [0.29, 0.717) is 6.04 Å². The van der Waals surface area contributed by atoms with Crippen molar-refractivity contribution in [1.82, 2.24) is 0 Å². The number of nitrogens with zero attached hydrogens (tertiary/aromatic N) is 1. The summed E-state index contributed by atoms with van der Waals surface area (Å²) in [5.41, 5.74) is -0.237. The van der Waals surface area contributed by atoms with Crippen molar-refractivity contribution in [3.63, 3.8) is 0 Å². The van der Waals surface area contributed by atoms with E-state index in [9.17, 15) is 4.79 Å². The molecule has 0 aromatic carbocycles. The van der Waals surface area contributed by atoms with Crippen LogP contribution in [0.2, 0.25) is 6.04 Å². The SMILES string of the molecule is C=C(C#N)C(=O)OCC[Si](OC)(OC)OC. The largest absolute Gasteiger partial charge is 0.503 e. The number of hydrogen-bond acceptors (Lipinski definition) is 6. The Morgan fingerprint density at radius 2 is 1.81 bits per heavy atom. The van der Waals surface area contributed by atoms with E-state index in [1.807, 2.05) is 0 Å². The van der Waals surface area contributed by atoms with Crippen LogP contribution in [-0.2, 0) is 22.8 Å². The van der Waals surface area contributed by atoms with Crippen molar-refractivity contribution in [2.45, 2.75) is 6.04 Å². The van der Waals surface area contributed by atoms with Crippen molar-refractivity contribution >= 4 is 14.8 Å². The highest BCUT2D eigenvalue weighted by Crippen LogP contribution is 2.12. The molecule has 16 heavy (non-hydrogen) atoms. The summed E-state index contributed by atoms with van der Waals surface area (Å²) in [6.07, 6.45) is 0. The van der Waals surface area contributed by atoms with Gasteiger partial charge in [-0.05, 0) is 0 Å². The zero-order valence-corrected chi connectivity index (χ0v) is 10.6. The lowest BCUT2D eigenvalue weighted by Gasteiger charge is -2.23. The summed E-state index contributed by atoms with van der Waals surface area (Å²) in [5.74, 6) is -0.742. The first-order valence-electron chi connectivity index (χ1n) is 4.46. The van der Waals surface area contributed by atoms with Crippen LogP contribution >= 0.6 is 0 Å². The molecule has 0 heterocycles. The van der Waals surface area contributed by atoms with Crippen LogP contribution in [0.3, 0.4) is 0 Å². The van der Waals surface area contributed by atoms with Crippen LogP contribution in [0, 0.1) is 11.3 Å². The first-order valence-corrected chi connectivity index (χ1v) is 6.40. The second kappa shape index (κ2) is 7.13. The van der Waals surface area contributed by atoms with Gasteiger partial charge in [-0.25, -0.2) is 4.79 Å². The average Bonchev–Trinajstić information content (AvgIpc) is 2.34. The Labute approximate surface area is 95.7 Å². The molecule has 0 atom stereocenters. The van der Waals surface area contributed by atoms with Gasteiger partial charge in [0.05, 0.1) is 12.7 Å². The third-order valence-electron chi connectivity index (χ3n) is 1.96. The highest BCUT2D eigenvalue weighted by atomic mass is 28.4. The quantitative estimate of drug-likeness (QED) is 0.281. The van der Waals surface area contributed by atoms with Crippen LogP contribution in [-0.4, -0.2) is 42.7 Å². The molecule has 6 nitrogen and oxygen atoms in total. The minimum atomic E-state index is -2.72. The van der Waals surface area contributed by atoms with Crippen LogP contribution < -0.4 is 0 Å². The minimum Gasteiger partial charge on any atom is -0.462 e. The van der Waals surface area contributed by atoms with Gasteiger partial charge in [0.15, 0.2) is 0 Å². The molecule has 0 radical (unpaired) electrons. The van der Waals surface area contributed by atoms with E-state index < -0.39 is 14.8 Å². The molecule has 0 aliphatic rings. The molecule has 7 heteroatoms. The topological polar surface area (TPSA) is 77.8 Å². The number of esters is 1. The summed E-state index contributed by atoms with van der Waals surface area (Å²) in [5, 5.41) is 8.39. The number of rotatable bonds is 7. The van der Waals surface area contributed by atoms with E-state index in [0.717, 1.165) is 0 Å². The molecule has 90 valence electrons. The van der Waals surface area contributed by atoms with Crippen LogP contribution in [0.15, 0.2) is 12.2 Å². The number of carbonyl (C=O) groups excluding carboxylic acids is 1. The molecule has 0 aromatic rings. The maximum Gasteiger partial charge on any atom is 0.503 e. The van der Waals surface area contributed by atoms with E-state index in [1.54, 1.807) is 6.07 Å². The van der Waals surface area contributed by atoms with Crippen LogP contribution in [0.4, 0.5) is 0 Å². The summed E-state index contributed by atoms with van der Waals surface area (Å²) in [7, 11) is 1.68. The Hall–Kier alpha value is -1.20. The third kappa shape index (κ3) is 4.12. The summed E-state index contributed by atoms with van der Waals surface area (Å²) >= 11 is 0. The van der Waals surface area contributed by atoms with Crippen molar-refractivity contribution in [1.29, 1.82) is 5.26 Å². The van der Waals surface area contributed by atoms with Crippen molar-refractivity contribution in [3.05, 3.63) is 12.2 Å². The first kappa shape index (κ1) is 14.8. The van der Waals surface area contributed by atoms with Gasteiger partial charge >= 0.3 is 14.8 Å². The van der Waals surface area contributed by atoms with E-state index in [-0.39, 0.29) is 12.2 Å². The van der Waals surface area contributed by atoms with Crippen molar-refractivity contribution < 1.29 is 22.8 Å². The Bertz CT molecular complexity index is 287. The summed E-state index contributed by atoms with van der Waals surface area (Å²) in [6.45, 7) is 3.29. The average molecular weight is 245 g/mol. The van der Waals surface area contributed by atoms with Gasteiger partial charge in [0.1, 0.15) is 11.6 Å². The Morgan fingerprint density at radius 1 is 1.31 bits per heavy atom. The molecular weight excluding hydrogens is 230 g/mol. The fraction of sp³-hybridized carbons (Fsp3) is 0.556. The first-order chi connectivity index (χ1) is 7.55. The Morgan fingerprint density at radius 3 is 2.19 bits per heavy atom. The number of ether oxygens (including phenoxy) is 1. The van der Waals surface area contributed by atoms with Crippen LogP contribution in [0.25, 0.3) is 0 Å². The lowest BCUT2D eigenvalue weighted by atomic mass is 10.3. The van der Waals surface area contributed by atoms with E-state index in [2.05, 4.69) is 6.58 Å². The van der Waals surface area contributed by atoms with Gasteiger partial charge in [-0.15, -0.1) is 0 Å². The molecule has 0 aliphatic carbocycles. The normalized spacial score (nSPS) is 10.6. The predicted octanol–water partition coefficient (Wildman–Crippen LogP) is 0.487. The summed E-state index contributed by atoms with van der Waals surface area (Å²) < 4.78 is 20.2. The molecule has 0 saturated heterocycles. The van der Waals surface area contributed by atoms with E-state index >= 15 is 0 Å². The van der Waals surface area contributed by atoms with Crippen LogP contribution in [0.1, 0.15) is 0 Å². The number of nitriles is 1. The van der Waals surface area contributed by atoms with Gasteiger partial charge in [-0.1, -0.05) is 6.58 Å². The lowest BCUT2D eigenvalue weighted by Crippen LogP contribution is -2.43. The smallest absolute Gasteiger partial charge is 0.462 e. The number of hydrogen-bond donors (Lipinski definition) is 0. The van der Waals surface area contributed by atoms with Crippen molar-refractivity contribution in [3.8, 4) is 6.07 Å². The predicted molar refractivity (Wildman–Crippen MR) is 57.3 cm³/mol. The van der Waals surface area contributed by atoms with Gasteiger partial charge in [0.2, 0.25) is 0 Å². The maximum absolute atomic E-state index is 11.1. The van der Waals surface area contributed by atoms with Crippen LogP contribution in [0.5, 0.6) is 0 Å². The molecule has 0 spiro atoms. The van der Waals surface area contributed by atoms with Gasteiger partial charge in [-0.3, -0.25) is 0 Å². The number of carbonyl (C=O) groups is 1. The molecule has 0 unspecified atom stereocenters. The van der Waals surface area contributed by atoms with Gasteiger partial charge in [-0.2, -0.15) is 5.26 Å². The molecule has 0 rings (SSSR count). The van der Waals surface area contributed by atoms with Crippen molar-refractivity contribution in [2.24, 2.45) is 0 Å². The molecular formula is C9H15NO5Si. The fourth-order valence-corrected chi connectivity index (χ4v) is 2.42. The van der Waals surface area contributed by atoms with Crippen molar-refractivity contribution in [2.75, 3.05) is 27.9 Å². The molecule has 0 aromatic heterocycles. The lowest BCUT2D eigenvalue weighted by molar-refractivity contribution is -0.138. The Kier molecular flexibility index (Phi) is 6.60. The summed E-state index contributed by atoms with van der Waals surface area (Å²) in [4.78, 5) is 11.1. The van der Waals surface area contributed by atoms with Gasteiger partial charge in [0.25, 0.3) is 0 Å². The highest BCUT2D eigenvalue weighted by molar-refractivity contribution is 6.60. The zero-order chi connectivity index (χ0) is 12.6. The second-order valence-corrected chi connectivity index (χ2v) is 5.86. The standard InChI is InChI=1S/C9H15NO5Si/c1-8(7-10)9(11)15-5-6-16(12-2,13-3)14-4/h1,5-6H2,2-4H3. The minimum absolute atomic E-state index is 0.0568. The van der Waals surface area contributed by atoms with Gasteiger partial charge in [0, 0.05) is 21.3 Å². The molecule has 0 N–H and O–H groups in total. The van der Waals surface area contributed by atoms with Gasteiger partial charge < -0.3 is 18.0 Å². The third-order valence-corrected chi connectivity index (χ3v) is 4.64. The highest BCUT2D eigenvalue weighted by Gasteiger charge is 2.37. The molecule has 0 fully saturated rings.